The molecule has 2 aromatic heterocycles. The van der Waals surface area contributed by atoms with Crippen molar-refractivity contribution in [3.63, 3.8) is 0 Å². The van der Waals surface area contributed by atoms with Crippen LogP contribution >= 0.6 is 22.7 Å². The number of thiazole rings is 1. The van der Waals surface area contributed by atoms with Crippen LogP contribution in [0, 0.1) is 6.92 Å². The van der Waals surface area contributed by atoms with Gasteiger partial charge in [-0.25, -0.2) is 9.78 Å². The Kier molecular flexibility index (Phi) is 4.47. The number of amides is 1. The van der Waals surface area contributed by atoms with E-state index in [1.54, 1.807) is 18.3 Å². The third kappa shape index (κ3) is 3.15. The van der Waals surface area contributed by atoms with Crippen molar-refractivity contribution in [1.82, 2.24) is 10.3 Å². The molecule has 0 atom stereocenters. The van der Waals surface area contributed by atoms with Crippen molar-refractivity contribution in [2.75, 3.05) is 13.2 Å². The van der Waals surface area contributed by atoms with E-state index in [-0.39, 0.29) is 18.7 Å². The number of carbonyl (C=O) groups excluding carboxylic acids is 1. The van der Waals surface area contributed by atoms with Crippen LogP contribution in [0.1, 0.15) is 28.2 Å². The number of aryl methyl sites for hydroxylation is 1. The Morgan fingerprint density at radius 1 is 1.39 bits per heavy atom. The zero-order valence-corrected chi connectivity index (χ0v) is 14.1. The summed E-state index contributed by atoms with van der Waals surface area (Å²) in [5, 5.41) is 15.0. The Bertz CT molecular complexity index is 718. The minimum absolute atomic E-state index is 0.268. The van der Waals surface area contributed by atoms with Gasteiger partial charge in [0.1, 0.15) is 15.4 Å². The topological polar surface area (TPSA) is 88.5 Å². The minimum Gasteiger partial charge on any atom is -0.480 e. The molecule has 0 aliphatic carbocycles. The zero-order chi connectivity index (χ0) is 16.4. The number of rotatable bonds is 4. The number of aromatic nitrogens is 1. The average Bonchev–Trinajstić information content (AvgIpc) is 3.17. The summed E-state index contributed by atoms with van der Waals surface area (Å²) in [4.78, 5) is 30.1. The van der Waals surface area contributed by atoms with Gasteiger partial charge < -0.3 is 15.2 Å². The number of hydrogen-bond acceptors (Lipinski definition) is 6. The van der Waals surface area contributed by atoms with Crippen molar-refractivity contribution >= 4 is 34.6 Å². The number of carboxylic acids is 1. The van der Waals surface area contributed by atoms with E-state index in [1.807, 2.05) is 17.5 Å². The molecule has 23 heavy (non-hydrogen) atoms. The third-order valence-electron chi connectivity index (χ3n) is 3.84. The fourth-order valence-corrected chi connectivity index (χ4v) is 4.26. The van der Waals surface area contributed by atoms with Gasteiger partial charge in [-0.05, 0) is 18.4 Å². The largest absolute Gasteiger partial charge is 0.480 e. The standard InChI is InChI=1S/C15H16N2O4S2/c1-9-11(23-13(16-9)10-3-2-8-22-10)12(18)17-15(14(19)20)4-6-21-7-5-15/h2-3,8H,4-7H2,1H3,(H,17,18)(H,19,20). The van der Waals surface area contributed by atoms with Gasteiger partial charge >= 0.3 is 5.97 Å². The van der Waals surface area contributed by atoms with Gasteiger partial charge in [0.2, 0.25) is 0 Å². The lowest BCUT2D eigenvalue weighted by Crippen LogP contribution is -2.57. The Hall–Kier alpha value is -1.77. The minimum atomic E-state index is -1.26. The van der Waals surface area contributed by atoms with E-state index in [4.69, 9.17) is 4.74 Å². The molecule has 1 fully saturated rings. The summed E-state index contributed by atoms with van der Waals surface area (Å²) in [6.45, 7) is 2.42. The molecule has 3 rings (SSSR count). The number of ether oxygens (including phenoxy) is 1. The highest BCUT2D eigenvalue weighted by Crippen LogP contribution is 2.31. The van der Waals surface area contributed by atoms with Crippen LogP contribution in [-0.4, -0.2) is 40.7 Å². The number of hydrogen-bond donors (Lipinski definition) is 2. The number of carboxylic acid groups (broad SMARTS) is 1. The maximum Gasteiger partial charge on any atom is 0.329 e. The van der Waals surface area contributed by atoms with Crippen LogP contribution in [0.25, 0.3) is 9.88 Å². The lowest BCUT2D eigenvalue weighted by Gasteiger charge is -2.33. The second kappa shape index (κ2) is 6.38. The van der Waals surface area contributed by atoms with Crippen molar-refractivity contribution in [2.24, 2.45) is 0 Å². The lowest BCUT2D eigenvalue weighted by molar-refractivity contribution is -0.148. The fraction of sp³-hybridized carbons (Fsp3) is 0.400. The summed E-state index contributed by atoms with van der Waals surface area (Å²) in [6, 6.07) is 3.87. The molecule has 3 heterocycles. The molecule has 0 aromatic carbocycles. The lowest BCUT2D eigenvalue weighted by atomic mass is 9.90. The van der Waals surface area contributed by atoms with Crippen LogP contribution in [0.3, 0.4) is 0 Å². The molecule has 0 saturated carbocycles. The Balaban J connectivity index is 1.84. The van der Waals surface area contributed by atoms with E-state index in [0.717, 1.165) is 9.88 Å². The van der Waals surface area contributed by atoms with Crippen molar-refractivity contribution < 1.29 is 19.4 Å². The van der Waals surface area contributed by atoms with Gasteiger partial charge in [0.05, 0.1) is 10.6 Å². The molecule has 0 bridgehead atoms. The highest BCUT2D eigenvalue weighted by atomic mass is 32.1. The first kappa shape index (κ1) is 16.1. The maximum absolute atomic E-state index is 12.6. The number of aliphatic carboxylic acids is 1. The van der Waals surface area contributed by atoms with Crippen molar-refractivity contribution in [1.29, 1.82) is 0 Å². The van der Waals surface area contributed by atoms with E-state index in [1.165, 1.54) is 11.3 Å². The van der Waals surface area contributed by atoms with Crippen LogP contribution in [0.5, 0.6) is 0 Å². The van der Waals surface area contributed by atoms with Crippen LogP contribution < -0.4 is 5.32 Å². The molecule has 1 aliphatic heterocycles. The van der Waals surface area contributed by atoms with Gasteiger partial charge in [0.15, 0.2) is 0 Å². The molecule has 8 heteroatoms. The first-order chi connectivity index (χ1) is 11.0. The summed E-state index contributed by atoms with van der Waals surface area (Å²) in [5.74, 6) is -1.40. The van der Waals surface area contributed by atoms with Gasteiger partial charge in [0, 0.05) is 26.1 Å². The van der Waals surface area contributed by atoms with Crippen LogP contribution in [0.2, 0.25) is 0 Å². The summed E-state index contributed by atoms with van der Waals surface area (Å²) in [5.41, 5.74) is -0.641. The van der Waals surface area contributed by atoms with E-state index in [0.29, 0.717) is 23.8 Å². The first-order valence-corrected chi connectivity index (χ1v) is 8.86. The second-order valence-corrected chi connectivity index (χ2v) is 7.31. The average molecular weight is 352 g/mol. The van der Waals surface area contributed by atoms with Gasteiger partial charge in [-0.15, -0.1) is 22.7 Å². The van der Waals surface area contributed by atoms with Gasteiger partial charge in [-0.3, -0.25) is 4.79 Å². The quantitative estimate of drug-likeness (QED) is 0.883. The fourth-order valence-electron chi connectivity index (χ4n) is 2.50. The zero-order valence-electron chi connectivity index (χ0n) is 12.5. The van der Waals surface area contributed by atoms with E-state index in [2.05, 4.69) is 10.3 Å². The van der Waals surface area contributed by atoms with E-state index < -0.39 is 11.5 Å². The van der Waals surface area contributed by atoms with Crippen molar-refractivity contribution in [3.8, 4) is 9.88 Å². The van der Waals surface area contributed by atoms with E-state index in [9.17, 15) is 14.7 Å². The van der Waals surface area contributed by atoms with E-state index >= 15 is 0 Å². The SMILES string of the molecule is Cc1nc(-c2cccs2)sc1C(=O)NC1(C(=O)O)CCOCC1. The smallest absolute Gasteiger partial charge is 0.329 e. The second-order valence-electron chi connectivity index (χ2n) is 5.36. The molecule has 1 aliphatic rings. The molecule has 0 unspecified atom stereocenters. The predicted molar refractivity (Wildman–Crippen MR) is 88.1 cm³/mol. The molecule has 0 radical (unpaired) electrons. The molecule has 122 valence electrons. The molecule has 1 amide bonds. The highest BCUT2D eigenvalue weighted by Gasteiger charge is 2.42. The van der Waals surface area contributed by atoms with Gasteiger partial charge in [-0.1, -0.05) is 6.07 Å². The van der Waals surface area contributed by atoms with Crippen molar-refractivity contribution in [2.45, 2.75) is 25.3 Å². The highest BCUT2D eigenvalue weighted by molar-refractivity contribution is 7.22. The van der Waals surface area contributed by atoms with Crippen LogP contribution in [-0.2, 0) is 9.53 Å². The molecule has 1 saturated heterocycles. The number of nitrogens with zero attached hydrogens (tertiary/aromatic N) is 1. The molecule has 2 aromatic rings. The Morgan fingerprint density at radius 2 is 2.13 bits per heavy atom. The normalized spacial score (nSPS) is 16.9. The first-order valence-electron chi connectivity index (χ1n) is 7.17. The number of nitrogens with one attached hydrogen (secondary N) is 1. The summed E-state index contributed by atoms with van der Waals surface area (Å²) in [7, 11) is 0. The predicted octanol–water partition coefficient (Wildman–Crippen LogP) is 2.54. The maximum atomic E-state index is 12.6. The van der Waals surface area contributed by atoms with Gasteiger partial charge in [0.25, 0.3) is 5.91 Å². The molecule has 2 N–H and O–H groups in total. The Labute approximate surface area is 141 Å². The Morgan fingerprint density at radius 3 is 2.74 bits per heavy atom. The van der Waals surface area contributed by atoms with Gasteiger partial charge in [-0.2, -0.15) is 0 Å². The molecular weight excluding hydrogens is 336 g/mol. The summed E-state index contributed by atoms with van der Waals surface area (Å²) >= 11 is 2.84. The number of carbonyl (C=O) groups is 2. The van der Waals surface area contributed by atoms with Crippen LogP contribution in [0.15, 0.2) is 17.5 Å². The van der Waals surface area contributed by atoms with Crippen molar-refractivity contribution in [3.05, 3.63) is 28.1 Å². The molecule has 0 spiro atoms. The number of thiophene rings is 1. The molecule has 6 nitrogen and oxygen atoms in total. The third-order valence-corrected chi connectivity index (χ3v) is 6.04. The summed E-state index contributed by atoms with van der Waals surface area (Å²) in [6.07, 6.45) is 0.535. The molecular formula is C15H16N2O4S2. The monoisotopic (exact) mass is 352 g/mol. The summed E-state index contributed by atoms with van der Waals surface area (Å²) < 4.78 is 5.22. The van der Waals surface area contributed by atoms with Crippen LogP contribution in [0.4, 0.5) is 0 Å².